The van der Waals surface area contributed by atoms with E-state index in [-0.39, 0.29) is 16.9 Å². The van der Waals surface area contributed by atoms with Crippen LogP contribution in [0.15, 0.2) is 30.4 Å². The number of fused-ring (bicyclic) bond motifs is 5. The van der Waals surface area contributed by atoms with Crippen molar-refractivity contribution in [1.82, 2.24) is 0 Å². The Morgan fingerprint density at radius 2 is 1.50 bits per heavy atom. The van der Waals surface area contributed by atoms with Crippen LogP contribution in [-0.4, -0.2) is 56.3 Å². The van der Waals surface area contributed by atoms with Gasteiger partial charge in [-0.05, 0) is 109 Å². The van der Waals surface area contributed by atoms with E-state index >= 15 is 0 Å². The molecule has 3 aliphatic rings. The van der Waals surface area contributed by atoms with E-state index in [0.717, 1.165) is 69.8 Å². The van der Waals surface area contributed by atoms with Crippen molar-refractivity contribution in [3.8, 4) is 5.75 Å². The van der Waals surface area contributed by atoms with Gasteiger partial charge in [0.1, 0.15) is 17.3 Å². The van der Waals surface area contributed by atoms with E-state index in [1.54, 1.807) is 6.07 Å². The lowest BCUT2D eigenvalue weighted by molar-refractivity contribution is -0.396. The van der Waals surface area contributed by atoms with Crippen LogP contribution >= 0.6 is 0 Å². The van der Waals surface area contributed by atoms with E-state index in [0.29, 0.717) is 36.5 Å². The summed E-state index contributed by atoms with van der Waals surface area (Å²) in [6.07, 6.45) is 0.612. The predicted molar refractivity (Wildman–Crippen MR) is 167 cm³/mol. The molecule has 0 spiro atoms. The van der Waals surface area contributed by atoms with E-state index in [1.807, 2.05) is 6.07 Å². The van der Waals surface area contributed by atoms with Crippen molar-refractivity contribution < 1.29 is 54.3 Å². The molecule has 0 aliphatic heterocycles. The van der Waals surface area contributed by atoms with Crippen molar-refractivity contribution in [2.75, 3.05) is 11.5 Å². The summed E-state index contributed by atoms with van der Waals surface area (Å²) in [7, 11) is 0. The van der Waals surface area contributed by atoms with Crippen LogP contribution in [0.3, 0.4) is 0 Å². The zero-order chi connectivity index (χ0) is 35.7. The summed E-state index contributed by atoms with van der Waals surface area (Å²) in [5, 5.41) is 20.9. The second-order valence-electron chi connectivity index (χ2n) is 14.4. The molecule has 0 saturated heterocycles. The number of alkyl halides is 9. The number of rotatable bonds is 16. The third-order valence-corrected chi connectivity index (χ3v) is 12.9. The fourth-order valence-corrected chi connectivity index (χ4v) is 9.85. The molecule has 4 rings (SSSR count). The molecule has 2 N–H and O–H groups in total. The monoisotopic (exact) mass is 718 g/mol. The Bertz CT molecular complexity index is 1260. The van der Waals surface area contributed by atoms with Crippen molar-refractivity contribution in [3.05, 3.63) is 41.5 Å². The largest absolute Gasteiger partial charge is 0.616 e. The van der Waals surface area contributed by atoms with Crippen molar-refractivity contribution in [1.29, 1.82) is 0 Å². The highest BCUT2D eigenvalue weighted by atomic mass is 32.2. The maximum absolute atomic E-state index is 13.7. The second kappa shape index (κ2) is 14.9. The van der Waals surface area contributed by atoms with Gasteiger partial charge in [-0.3, -0.25) is 0 Å². The zero-order valence-corrected chi connectivity index (χ0v) is 28.1. The van der Waals surface area contributed by atoms with Crippen LogP contribution in [0.4, 0.5) is 39.5 Å². The molecule has 4 unspecified atom stereocenters. The number of hydrogen-bond acceptors (Lipinski definition) is 3. The number of aliphatic hydroxyl groups is 1. The smallest absolute Gasteiger partial charge is 0.460 e. The van der Waals surface area contributed by atoms with E-state index in [4.69, 9.17) is 0 Å². The highest BCUT2D eigenvalue weighted by molar-refractivity contribution is 7.91. The maximum atomic E-state index is 13.7. The fraction of sp³-hybridized carbons (Fsp3) is 0.771. The van der Waals surface area contributed by atoms with Gasteiger partial charge in [0.15, 0.2) is 0 Å². The van der Waals surface area contributed by atoms with Crippen LogP contribution in [-0.2, 0) is 17.6 Å². The molecule has 1 aromatic rings. The number of halogens is 9. The van der Waals surface area contributed by atoms with Gasteiger partial charge in [-0.25, -0.2) is 0 Å². The molecule has 274 valence electrons. The normalized spacial score (nSPS) is 28.6. The van der Waals surface area contributed by atoms with Gasteiger partial charge in [-0.2, -0.15) is 39.5 Å². The van der Waals surface area contributed by atoms with Gasteiger partial charge in [0.25, 0.3) is 0 Å². The lowest BCUT2D eigenvalue weighted by atomic mass is 9.52. The lowest BCUT2D eigenvalue weighted by Gasteiger charge is -2.52. The number of phenolic OH excluding ortho intramolecular Hbond substituents is 1. The molecular formula is C35H47F9O3S. The Balaban J connectivity index is 1.15. The molecule has 13 heteroatoms. The molecule has 0 bridgehead atoms. The number of aliphatic hydroxyl groups excluding tert-OH is 1. The van der Waals surface area contributed by atoms with Crippen LogP contribution in [0.5, 0.6) is 5.75 Å². The molecule has 1 aromatic carbocycles. The molecular weight excluding hydrogens is 671 g/mol. The molecule has 0 aromatic heterocycles. The number of phenols is 1. The van der Waals surface area contributed by atoms with Crippen LogP contribution < -0.4 is 0 Å². The molecule has 3 nitrogen and oxygen atoms in total. The van der Waals surface area contributed by atoms with E-state index in [2.05, 4.69) is 19.6 Å². The first-order chi connectivity index (χ1) is 22.2. The number of unbranched alkanes of at least 4 members (excludes halogenated alkanes) is 6. The van der Waals surface area contributed by atoms with E-state index < -0.39 is 59.8 Å². The fourth-order valence-electron chi connectivity index (χ4n) is 8.66. The van der Waals surface area contributed by atoms with Crippen LogP contribution in [0.25, 0.3) is 0 Å². The van der Waals surface area contributed by atoms with Gasteiger partial charge in [0.05, 0.1) is 6.10 Å². The first-order valence-corrected chi connectivity index (χ1v) is 18.5. The van der Waals surface area contributed by atoms with Gasteiger partial charge in [-0.1, -0.05) is 62.8 Å². The Labute approximate surface area is 279 Å². The van der Waals surface area contributed by atoms with Crippen LogP contribution in [0.2, 0.25) is 0 Å². The summed E-state index contributed by atoms with van der Waals surface area (Å²) in [6, 6.07) is 5.74. The quantitative estimate of drug-likeness (QED) is 0.0774. The molecule has 2 saturated carbocycles. The minimum Gasteiger partial charge on any atom is -0.616 e. The Hall–Kier alpha value is -1.60. The van der Waals surface area contributed by atoms with Crippen molar-refractivity contribution in [2.45, 2.75) is 133 Å². The minimum absolute atomic E-state index is 0.0644. The summed E-state index contributed by atoms with van der Waals surface area (Å²) < 4.78 is 129. The van der Waals surface area contributed by atoms with Gasteiger partial charge >= 0.3 is 23.9 Å². The Kier molecular flexibility index (Phi) is 12.2. The number of hydrogen-bond donors (Lipinski definition) is 2. The van der Waals surface area contributed by atoms with Gasteiger partial charge in [0, 0.05) is 6.42 Å². The van der Waals surface area contributed by atoms with Gasteiger partial charge < -0.3 is 14.8 Å². The molecule has 2 fully saturated rings. The highest BCUT2D eigenvalue weighted by Gasteiger charge is 2.81. The summed E-state index contributed by atoms with van der Waals surface area (Å²) in [5.74, 6) is -17.6. The molecule has 7 atom stereocenters. The topological polar surface area (TPSA) is 63.5 Å². The number of aromatic hydroxyl groups is 1. The summed E-state index contributed by atoms with van der Waals surface area (Å²) in [6.45, 7) is 6.54. The van der Waals surface area contributed by atoms with Crippen LogP contribution in [0, 0.1) is 23.2 Å². The molecule has 0 heterocycles. The maximum Gasteiger partial charge on any atom is 0.460 e. The minimum atomic E-state index is -6.90. The average molecular weight is 719 g/mol. The summed E-state index contributed by atoms with van der Waals surface area (Å²) in [4.78, 5) is 0. The van der Waals surface area contributed by atoms with Crippen molar-refractivity contribution >= 4 is 11.2 Å². The molecule has 3 aliphatic carbocycles. The standard InChI is InChI=1S/C35H47F9O3S/c1-22-29(46)21-28-30-23(19-24-20-25(45)12-13-26(24)27(30)14-16-31(22,28)2)11-8-6-4-3-5-7-9-17-48(47)18-10-15-32(36,37)33(38,39)34(40,41)35(42,43)44/h12-13,20,23,27-30,45-46H,1,3-11,14-19,21H2,2H3/t23-,27?,28?,29-,30?,31-,48?/m1/s1. The zero-order valence-electron chi connectivity index (χ0n) is 27.3. The van der Waals surface area contributed by atoms with Gasteiger partial charge in [0.2, 0.25) is 0 Å². The second-order valence-corrected chi connectivity index (χ2v) is 16.1. The average Bonchev–Trinajstić information content (AvgIpc) is 3.22. The highest BCUT2D eigenvalue weighted by Crippen LogP contribution is 2.64. The first kappa shape index (κ1) is 39.2. The number of benzene rings is 1. The molecule has 0 radical (unpaired) electrons. The third kappa shape index (κ3) is 7.82. The van der Waals surface area contributed by atoms with Crippen molar-refractivity contribution in [2.24, 2.45) is 23.2 Å². The van der Waals surface area contributed by atoms with Crippen molar-refractivity contribution in [3.63, 3.8) is 0 Å². The first-order valence-electron chi connectivity index (χ1n) is 17.0. The summed E-state index contributed by atoms with van der Waals surface area (Å²) >= 11 is -1.69. The van der Waals surface area contributed by atoms with Gasteiger partial charge in [-0.15, -0.1) is 0 Å². The summed E-state index contributed by atoms with van der Waals surface area (Å²) in [5.41, 5.74) is 3.44. The SMILES string of the molecule is C=C1[C@H](O)CC2C3C(CC[C@]12C)c1ccc(O)cc1C[C@H]3CCCCCCCCC[S+]([O-])CCCC(F)(F)C(F)(F)C(F)(F)C(F)(F)F. The Morgan fingerprint density at radius 3 is 2.15 bits per heavy atom. The van der Waals surface area contributed by atoms with E-state index in [9.17, 15) is 54.3 Å². The third-order valence-electron chi connectivity index (χ3n) is 11.4. The van der Waals surface area contributed by atoms with Crippen LogP contribution in [0.1, 0.15) is 107 Å². The Morgan fingerprint density at radius 1 is 0.896 bits per heavy atom. The predicted octanol–water partition coefficient (Wildman–Crippen LogP) is 10.1. The molecule has 48 heavy (non-hydrogen) atoms. The lowest BCUT2D eigenvalue weighted by Crippen LogP contribution is -2.60. The van der Waals surface area contributed by atoms with E-state index in [1.165, 1.54) is 11.1 Å². The molecule has 0 amide bonds.